The summed E-state index contributed by atoms with van der Waals surface area (Å²) in [6, 6.07) is 0. The third kappa shape index (κ3) is 1.70. The summed E-state index contributed by atoms with van der Waals surface area (Å²) in [6.07, 6.45) is 5.13. The van der Waals surface area contributed by atoms with E-state index in [1.807, 2.05) is 19.1 Å². The summed E-state index contributed by atoms with van der Waals surface area (Å²) in [4.78, 5) is 0. The van der Waals surface area contributed by atoms with E-state index in [9.17, 15) is 0 Å². The van der Waals surface area contributed by atoms with Gasteiger partial charge in [-0.15, -0.1) is 11.6 Å². The second kappa shape index (κ2) is 3.23. The third-order valence-electron chi connectivity index (χ3n) is 1.44. The molecule has 1 aliphatic heterocycles. The number of halogens is 1. The predicted molar refractivity (Wildman–Crippen MR) is 38.8 cm³/mol. The van der Waals surface area contributed by atoms with E-state index in [1.165, 1.54) is 0 Å². The lowest BCUT2D eigenvalue weighted by molar-refractivity contribution is 0.146. The van der Waals surface area contributed by atoms with Crippen molar-refractivity contribution in [3.63, 3.8) is 0 Å². The van der Waals surface area contributed by atoms with Gasteiger partial charge in [0.25, 0.3) is 0 Å². The first-order chi connectivity index (χ1) is 4.34. The monoisotopic (exact) mass is 146 g/mol. The number of ether oxygens (including phenoxy) is 1. The molecule has 0 aromatic carbocycles. The SMILES string of the molecule is C/C=C/C1OCCC1Cl. The fraction of sp³-hybridized carbons (Fsp3) is 0.714. The summed E-state index contributed by atoms with van der Waals surface area (Å²) in [7, 11) is 0. The molecule has 0 aromatic rings. The lowest BCUT2D eigenvalue weighted by Crippen LogP contribution is -2.11. The Kier molecular flexibility index (Phi) is 2.55. The van der Waals surface area contributed by atoms with Crippen LogP contribution in [0.1, 0.15) is 13.3 Å². The van der Waals surface area contributed by atoms with Crippen LogP contribution < -0.4 is 0 Å². The lowest BCUT2D eigenvalue weighted by Gasteiger charge is -2.05. The largest absolute Gasteiger partial charge is 0.373 e. The fourth-order valence-electron chi connectivity index (χ4n) is 0.951. The van der Waals surface area contributed by atoms with Crippen molar-refractivity contribution in [2.24, 2.45) is 0 Å². The zero-order chi connectivity index (χ0) is 6.69. The zero-order valence-electron chi connectivity index (χ0n) is 5.51. The summed E-state index contributed by atoms with van der Waals surface area (Å²) < 4.78 is 5.29. The summed E-state index contributed by atoms with van der Waals surface area (Å²) in [5.74, 6) is 0. The highest BCUT2D eigenvalue weighted by atomic mass is 35.5. The van der Waals surface area contributed by atoms with E-state index in [2.05, 4.69) is 0 Å². The average Bonchev–Trinajstić information content (AvgIpc) is 2.18. The van der Waals surface area contributed by atoms with Gasteiger partial charge in [0.2, 0.25) is 0 Å². The van der Waals surface area contributed by atoms with Crippen molar-refractivity contribution in [1.82, 2.24) is 0 Å². The normalized spacial score (nSPS) is 36.2. The van der Waals surface area contributed by atoms with Gasteiger partial charge in [0.1, 0.15) is 0 Å². The number of alkyl halides is 1. The lowest BCUT2D eigenvalue weighted by atomic mass is 10.2. The minimum absolute atomic E-state index is 0.164. The Balaban J connectivity index is 2.39. The van der Waals surface area contributed by atoms with Crippen LogP contribution in [-0.2, 0) is 4.74 Å². The number of rotatable bonds is 1. The second-order valence-corrected chi connectivity index (χ2v) is 2.73. The minimum atomic E-state index is 0.164. The minimum Gasteiger partial charge on any atom is -0.373 e. The van der Waals surface area contributed by atoms with Gasteiger partial charge in [0.05, 0.1) is 11.5 Å². The maximum absolute atomic E-state index is 5.88. The molecule has 0 amide bonds. The van der Waals surface area contributed by atoms with Crippen molar-refractivity contribution in [2.75, 3.05) is 6.61 Å². The molecule has 1 aliphatic rings. The van der Waals surface area contributed by atoms with Crippen LogP contribution in [0.2, 0.25) is 0 Å². The molecule has 1 nitrogen and oxygen atoms in total. The molecule has 1 saturated heterocycles. The van der Waals surface area contributed by atoms with Crippen LogP contribution >= 0.6 is 11.6 Å². The van der Waals surface area contributed by atoms with E-state index in [0.29, 0.717) is 0 Å². The first-order valence-electron chi connectivity index (χ1n) is 3.23. The van der Waals surface area contributed by atoms with Crippen molar-refractivity contribution in [3.8, 4) is 0 Å². The molecular formula is C7H11ClO. The highest BCUT2D eigenvalue weighted by molar-refractivity contribution is 6.21. The van der Waals surface area contributed by atoms with Gasteiger partial charge in [-0.05, 0) is 13.3 Å². The maximum atomic E-state index is 5.88. The van der Waals surface area contributed by atoms with Crippen molar-refractivity contribution >= 4 is 11.6 Å². The fourth-order valence-corrected chi connectivity index (χ4v) is 1.20. The summed E-state index contributed by atoms with van der Waals surface area (Å²) in [6.45, 7) is 2.79. The number of hydrogen-bond donors (Lipinski definition) is 0. The molecule has 0 radical (unpaired) electrons. The van der Waals surface area contributed by atoms with E-state index in [1.54, 1.807) is 0 Å². The van der Waals surface area contributed by atoms with Crippen molar-refractivity contribution < 1.29 is 4.74 Å². The molecule has 0 spiro atoms. The van der Waals surface area contributed by atoms with E-state index in [-0.39, 0.29) is 11.5 Å². The maximum Gasteiger partial charge on any atom is 0.0920 e. The molecule has 0 saturated carbocycles. The summed E-state index contributed by atoms with van der Waals surface area (Å²) in [5, 5.41) is 0.196. The molecule has 2 unspecified atom stereocenters. The molecule has 0 aliphatic carbocycles. The first-order valence-corrected chi connectivity index (χ1v) is 3.66. The van der Waals surface area contributed by atoms with Crippen molar-refractivity contribution in [1.29, 1.82) is 0 Å². The highest BCUT2D eigenvalue weighted by Gasteiger charge is 2.22. The van der Waals surface area contributed by atoms with Crippen LogP contribution in [0.5, 0.6) is 0 Å². The van der Waals surface area contributed by atoms with Crippen LogP contribution in [0.15, 0.2) is 12.2 Å². The van der Waals surface area contributed by atoms with E-state index in [0.717, 1.165) is 13.0 Å². The third-order valence-corrected chi connectivity index (χ3v) is 1.91. The molecule has 0 aromatic heterocycles. The van der Waals surface area contributed by atoms with E-state index < -0.39 is 0 Å². The molecule has 0 N–H and O–H groups in total. The van der Waals surface area contributed by atoms with Gasteiger partial charge < -0.3 is 4.74 Å². The van der Waals surface area contributed by atoms with Crippen molar-refractivity contribution in [2.45, 2.75) is 24.8 Å². The second-order valence-electron chi connectivity index (χ2n) is 2.17. The molecule has 1 rings (SSSR count). The van der Waals surface area contributed by atoms with Crippen LogP contribution in [0.3, 0.4) is 0 Å². The van der Waals surface area contributed by atoms with Crippen LogP contribution in [0.25, 0.3) is 0 Å². The Morgan fingerprint density at radius 2 is 2.44 bits per heavy atom. The number of hydrogen-bond acceptors (Lipinski definition) is 1. The Hall–Kier alpha value is -0.0100. The molecule has 2 atom stereocenters. The molecule has 0 bridgehead atoms. The van der Waals surface area contributed by atoms with Gasteiger partial charge in [0.15, 0.2) is 0 Å². The van der Waals surface area contributed by atoms with Crippen LogP contribution in [0.4, 0.5) is 0 Å². The van der Waals surface area contributed by atoms with Gasteiger partial charge in [-0.1, -0.05) is 12.2 Å². The smallest absolute Gasteiger partial charge is 0.0920 e. The number of allylic oxidation sites excluding steroid dienone is 1. The highest BCUT2D eigenvalue weighted by Crippen LogP contribution is 2.19. The quantitative estimate of drug-likeness (QED) is 0.406. The van der Waals surface area contributed by atoms with Crippen LogP contribution in [-0.4, -0.2) is 18.1 Å². The molecule has 9 heavy (non-hydrogen) atoms. The van der Waals surface area contributed by atoms with E-state index in [4.69, 9.17) is 16.3 Å². The molecule has 52 valence electrons. The van der Waals surface area contributed by atoms with Gasteiger partial charge >= 0.3 is 0 Å². The average molecular weight is 147 g/mol. The molecule has 1 fully saturated rings. The van der Waals surface area contributed by atoms with E-state index >= 15 is 0 Å². The predicted octanol–water partition coefficient (Wildman–Crippen LogP) is 1.96. The Morgan fingerprint density at radius 1 is 1.67 bits per heavy atom. The van der Waals surface area contributed by atoms with Gasteiger partial charge in [-0.25, -0.2) is 0 Å². The Labute approximate surface area is 60.7 Å². The van der Waals surface area contributed by atoms with Crippen LogP contribution in [0, 0.1) is 0 Å². The van der Waals surface area contributed by atoms with Crippen molar-refractivity contribution in [3.05, 3.63) is 12.2 Å². The van der Waals surface area contributed by atoms with Gasteiger partial charge in [-0.2, -0.15) is 0 Å². The molecule has 2 heteroatoms. The Morgan fingerprint density at radius 3 is 2.89 bits per heavy atom. The van der Waals surface area contributed by atoms with Gasteiger partial charge in [-0.3, -0.25) is 0 Å². The Bertz CT molecular complexity index is 111. The summed E-state index contributed by atoms with van der Waals surface area (Å²) >= 11 is 5.88. The first kappa shape index (κ1) is 7.10. The molecule has 1 heterocycles. The molecular weight excluding hydrogens is 136 g/mol. The summed E-state index contributed by atoms with van der Waals surface area (Å²) in [5.41, 5.74) is 0. The van der Waals surface area contributed by atoms with Gasteiger partial charge in [0, 0.05) is 6.61 Å². The standard InChI is InChI=1S/C7H11ClO/c1-2-3-7-6(8)4-5-9-7/h2-3,6-7H,4-5H2,1H3/b3-2+. The topological polar surface area (TPSA) is 9.23 Å². The zero-order valence-corrected chi connectivity index (χ0v) is 6.27.